The van der Waals surface area contributed by atoms with Gasteiger partial charge >= 0.3 is 0 Å². The van der Waals surface area contributed by atoms with Crippen molar-refractivity contribution in [3.63, 3.8) is 0 Å². The Morgan fingerprint density at radius 2 is 1.79 bits per heavy atom. The van der Waals surface area contributed by atoms with Gasteiger partial charge in [0.15, 0.2) is 0 Å². The van der Waals surface area contributed by atoms with Crippen LogP contribution in [0.15, 0.2) is 42.5 Å². The lowest BCUT2D eigenvalue weighted by atomic mass is 10.1. The number of aromatic hydroxyl groups is 1. The minimum Gasteiger partial charge on any atom is -0.508 e. The maximum absolute atomic E-state index is 10.1. The molecule has 0 amide bonds. The van der Waals surface area contributed by atoms with Crippen molar-refractivity contribution >= 4 is 24.0 Å². The number of hydrogen-bond donors (Lipinski definition) is 3. The fraction of sp³-hybridized carbons (Fsp3) is 0.429. The molecule has 0 fully saturated rings. The van der Waals surface area contributed by atoms with Crippen LogP contribution in [0.25, 0.3) is 0 Å². The summed E-state index contributed by atoms with van der Waals surface area (Å²) in [5.41, 5.74) is 2.21. The molecule has 0 aromatic heterocycles. The highest BCUT2D eigenvalue weighted by molar-refractivity contribution is 6.32. The third-order valence-corrected chi connectivity index (χ3v) is 4.50. The molecule has 2 atom stereocenters. The number of nitrogens with one attached hydrogen (secondary N) is 1. The van der Waals surface area contributed by atoms with Crippen molar-refractivity contribution in [2.45, 2.75) is 31.9 Å². The highest BCUT2D eigenvalue weighted by atomic mass is 35.5. The second kappa shape index (κ2) is 12.9. The molecular formula is C21H29Cl2NO4. The van der Waals surface area contributed by atoms with Crippen molar-refractivity contribution in [2.75, 3.05) is 26.9 Å². The fourth-order valence-electron chi connectivity index (χ4n) is 2.68. The summed E-state index contributed by atoms with van der Waals surface area (Å²) in [5, 5.41) is 23.3. The van der Waals surface area contributed by atoms with E-state index in [1.54, 1.807) is 19.2 Å². The number of hydrogen-bond acceptors (Lipinski definition) is 5. The smallest absolute Gasteiger partial charge is 0.138 e. The van der Waals surface area contributed by atoms with Gasteiger partial charge in [-0.2, -0.15) is 0 Å². The second-order valence-corrected chi connectivity index (χ2v) is 7.06. The zero-order chi connectivity index (χ0) is 19.6. The first-order valence-corrected chi connectivity index (χ1v) is 9.45. The highest BCUT2D eigenvalue weighted by Crippen LogP contribution is 2.25. The van der Waals surface area contributed by atoms with Gasteiger partial charge in [0.1, 0.15) is 24.2 Å². The fourth-order valence-corrected chi connectivity index (χ4v) is 2.93. The number of aliphatic hydroxyl groups excluding tert-OH is 1. The number of phenols is 1. The topological polar surface area (TPSA) is 71.0 Å². The van der Waals surface area contributed by atoms with Gasteiger partial charge in [-0.15, -0.1) is 12.4 Å². The van der Waals surface area contributed by atoms with Gasteiger partial charge < -0.3 is 25.0 Å². The van der Waals surface area contributed by atoms with Crippen LogP contribution in [-0.2, 0) is 17.6 Å². The molecule has 0 saturated heterocycles. The summed E-state index contributed by atoms with van der Waals surface area (Å²) in [4.78, 5) is 0. The summed E-state index contributed by atoms with van der Waals surface area (Å²) in [6, 6.07) is 13.0. The lowest BCUT2D eigenvalue weighted by molar-refractivity contribution is 0.104. The molecule has 0 radical (unpaired) electrons. The molecule has 0 aliphatic heterocycles. The first kappa shape index (κ1) is 24.5. The van der Waals surface area contributed by atoms with Crippen molar-refractivity contribution in [3.8, 4) is 11.5 Å². The van der Waals surface area contributed by atoms with E-state index in [9.17, 15) is 10.2 Å². The van der Waals surface area contributed by atoms with Gasteiger partial charge in [-0.25, -0.2) is 0 Å². The third-order valence-electron chi connectivity index (χ3n) is 4.20. The van der Waals surface area contributed by atoms with Crippen molar-refractivity contribution in [1.29, 1.82) is 0 Å². The highest BCUT2D eigenvalue weighted by Gasteiger charge is 2.10. The molecule has 2 unspecified atom stereocenters. The molecule has 0 saturated carbocycles. The molecule has 3 N–H and O–H groups in total. The molecule has 156 valence electrons. The number of phenolic OH excluding ortho intramolecular Hbond substituents is 1. The molecule has 2 aromatic rings. The Hall–Kier alpha value is -1.50. The van der Waals surface area contributed by atoms with Gasteiger partial charge in [0, 0.05) is 19.7 Å². The third kappa shape index (κ3) is 8.67. The molecular weight excluding hydrogens is 401 g/mol. The monoisotopic (exact) mass is 429 g/mol. The number of aliphatic hydroxyl groups is 1. The van der Waals surface area contributed by atoms with Gasteiger partial charge in [0.2, 0.25) is 0 Å². The maximum atomic E-state index is 10.1. The van der Waals surface area contributed by atoms with E-state index in [1.165, 1.54) is 0 Å². The van der Waals surface area contributed by atoms with E-state index in [4.69, 9.17) is 21.1 Å². The van der Waals surface area contributed by atoms with E-state index in [-0.39, 0.29) is 30.8 Å². The average Bonchev–Trinajstić information content (AvgIpc) is 2.65. The van der Waals surface area contributed by atoms with E-state index in [1.807, 2.05) is 30.3 Å². The van der Waals surface area contributed by atoms with Gasteiger partial charge in [0.05, 0.1) is 11.6 Å². The van der Waals surface area contributed by atoms with Gasteiger partial charge in [-0.3, -0.25) is 0 Å². The summed E-state index contributed by atoms with van der Waals surface area (Å²) in [6.45, 7) is 3.28. The second-order valence-electron chi connectivity index (χ2n) is 6.65. The number of rotatable bonds is 11. The van der Waals surface area contributed by atoms with E-state index in [0.29, 0.717) is 23.9 Å². The average molecular weight is 430 g/mol. The summed E-state index contributed by atoms with van der Waals surface area (Å²) < 4.78 is 10.7. The molecule has 7 heteroatoms. The first-order chi connectivity index (χ1) is 13.0. The maximum Gasteiger partial charge on any atom is 0.138 e. The Kier molecular flexibility index (Phi) is 11.3. The quantitative estimate of drug-likeness (QED) is 0.508. The van der Waals surface area contributed by atoms with Crippen molar-refractivity contribution < 1.29 is 19.7 Å². The Labute approximate surface area is 178 Å². The van der Waals surface area contributed by atoms with Crippen LogP contribution in [0.5, 0.6) is 11.5 Å². The number of methoxy groups -OCH3 is 1. The molecule has 0 bridgehead atoms. The summed E-state index contributed by atoms with van der Waals surface area (Å²) in [7, 11) is 1.67. The van der Waals surface area contributed by atoms with E-state index >= 15 is 0 Å². The predicted molar refractivity (Wildman–Crippen MR) is 115 cm³/mol. The van der Waals surface area contributed by atoms with Gasteiger partial charge in [-0.05, 0) is 55.2 Å². The Balaban J connectivity index is 0.00000392. The number of benzene rings is 2. The lowest BCUT2D eigenvalue weighted by Crippen LogP contribution is -2.37. The molecule has 0 aliphatic carbocycles. The molecule has 5 nitrogen and oxygen atoms in total. The SMILES string of the molecule is COCCc1ccc(OCC(O)CNC(C)Cc2ccc(O)cc2)c(Cl)c1.Cl. The molecule has 0 spiro atoms. The van der Waals surface area contributed by atoms with Crippen LogP contribution >= 0.6 is 24.0 Å². The largest absolute Gasteiger partial charge is 0.508 e. The zero-order valence-corrected chi connectivity index (χ0v) is 17.8. The standard InChI is InChI=1S/C21H28ClNO4.ClH/c1-15(11-16-3-6-18(24)7-4-16)23-13-19(25)14-27-21-8-5-17(9-10-26-2)12-20(21)22;/h3-8,12,15,19,23-25H,9-11,13-14H2,1-2H3;1H. The van der Waals surface area contributed by atoms with E-state index in [0.717, 1.165) is 24.0 Å². The normalized spacial score (nSPS) is 12.9. The Morgan fingerprint density at radius 3 is 2.43 bits per heavy atom. The molecule has 2 rings (SSSR count). The molecule has 2 aromatic carbocycles. The van der Waals surface area contributed by atoms with E-state index in [2.05, 4.69) is 12.2 Å². The number of halogens is 2. The van der Waals surface area contributed by atoms with Crippen molar-refractivity contribution in [3.05, 3.63) is 58.6 Å². The summed E-state index contributed by atoms with van der Waals surface area (Å²) in [5.74, 6) is 0.825. The summed E-state index contributed by atoms with van der Waals surface area (Å²) >= 11 is 6.24. The first-order valence-electron chi connectivity index (χ1n) is 9.07. The summed E-state index contributed by atoms with van der Waals surface area (Å²) in [6.07, 6.45) is 0.960. The number of ether oxygens (including phenoxy) is 2. The van der Waals surface area contributed by atoms with Crippen molar-refractivity contribution in [2.24, 2.45) is 0 Å². The van der Waals surface area contributed by atoms with Crippen LogP contribution in [-0.4, -0.2) is 49.2 Å². The van der Waals surface area contributed by atoms with Crippen LogP contribution in [0.2, 0.25) is 5.02 Å². The van der Waals surface area contributed by atoms with Crippen LogP contribution in [0.3, 0.4) is 0 Å². The molecule has 28 heavy (non-hydrogen) atoms. The zero-order valence-electron chi connectivity index (χ0n) is 16.2. The van der Waals surface area contributed by atoms with Gasteiger partial charge in [0.25, 0.3) is 0 Å². The predicted octanol–water partition coefficient (Wildman–Crippen LogP) is 3.62. The van der Waals surface area contributed by atoms with Gasteiger partial charge in [-0.1, -0.05) is 29.8 Å². The van der Waals surface area contributed by atoms with Crippen LogP contribution in [0.4, 0.5) is 0 Å². The van der Waals surface area contributed by atoms with E-state index < -0.39 is 6.10 Å². The minimum atomic E-state index is -0.642. The van der Waals surface area contributed by atoms with Crippen LogP contribution in [0, 0.1) is 0 Å². The Bertz CT molecular complexity index is 697. The molecule has 0 aliphatic rings. The molecule has 0 heterocycles. The lowest BCUT2D eigenvalue weighted by Gasteiger charge is -2.18. The van der Waals surface area contributed by atoms with Crippen LogP contribution in [0.1, 0.15) is 18.1 Å². The minimum absolute atomic E-state index is 0. The van der Waals surface area contributed by atoms with Crippen molar-refractivity contribution in [1.82, 2.24) is 5.32 Å². The van der Waals surface area contributed by atoms with Crippen LogP contribution < -0.4 is 10.1 Å². The Morgan fingerprint density at radius 1 is 1.11 bits per heavy atom.